The second-order valence-corrected chi connectivity index (χ2v) is 11.2. The molecule has 2 N–H and O–H groups in total. The normalized spacial score (nSPS) is 16.2. The minimum absolute atomic E-state index is 0.192. The maximum Gasteiger partial charge on any atom is 0.416 e. The second kappa shape index (κ2) is 9.00. The molecule has 5 rings (SSSR count). The third kappa shape index (κ3) is 4.74. The predicted molar refractivity (Wildman–Crippen MR) is 132 cm³/mol. The lowest BCUT2D eigenvalue weighted by molar-refractivity contribution is -0.137. The van der Waals surface area contributed by atoms with Crippen LogP contribution in [-0.2, 0) is 22.7 Å². The van der Waals surface area contributed by atoms with Gasteiger partial charge in [0, 0.05) is 28.1 Å². The van der Waals surface area contributed by atoms with E-state index >= 15 is 0 Å². The molecule has 1 atom stereocenters. The minimum Gasteiger partial charge on any atom is -0.374 e. The van der Waals surface area contributed by atoms with Gasteiger partial charge < -0.3 is 5.11 Å². The van der Waals surface area contributed by atoms with Gasteiger partial charge in [-0.3, -0.25) is 14.6 Å². The lowest BCUT2D eigenvalue weighted by Crippen LogP contribution is -2.15. The molecule has 0 spiro atoms. The van der Waals surface area contributed by atoms with E-state index in [9.17, 15) is 26.7 Å². The van der Waals surface area contributed by atoms with Crippen LogP contribution in [0.25, 0.3) is 20.9 Å². The number of aromatic nitrogens is 1. The van der Waals surface area contributed by atoms with Gasteiger partial charge in [-0.2, -0.15) is 13.2 Å². The third-order valence-electron chi connectivity index (χ3n) is 5.92. The molecular weight excluding hydrogens is 511 g/mol. The van der Waals surface area contributed by atoms with Crippen molar-refractivity contribution in [1.29, 1.82) is 0 Å². The summed E-state index contributed by atoms with van der Waals surface area (Å²) in [4.78, 5) is 7.58. The summed E-state index contributed by atoms with van der Waals surface area (Å²) in [6, 6.07) is 14.8. The predicted octanol–water partition coefficient (Wildman–Crippen LogP) is 5.73. The summed E-state index contributed by atoms with van der Waals surface area (Å²) < 4.78 is 66.1. The van der Waals surface area contributed by atoms with Gasteiger partial charge in [-0.15, -0.1) is 11.3 Å². The first-order chi connectivity index (χ1) is 17.0. The molecule has 11 heteroatoms. The number of pyridine rings is 1. The van der Waals surface area contributed by atoms with Crippen molar-refractivity contribution in [2.75, 3.05) is 11.8 Å². The van der Waals surface area contributed by atoms with Crippen LogP contribution >= 0.6 is 11.3 Å². The number of fused-ring (bicyclic) bond motifs is 1. The zero-order valence-electron chi connectivity index (χ0n) is 18.8. The number of alkyl halides is 3. The van der Waals surface area contributed by atoms with Crippen molar-refractivity contribution < 1.29 is 26.7 Å². The number of hydrogen-bond acceptors (Lipinski definition) is 6. The van der Waals surface area contributed by atoms with Gasteiger partial charge in [-0.25, -0.2) is 8.42 Å². The number of nitrogens with one attached hydrogen (secondary N) is 1. The van der Waals surface area contributed by atoms with Gasteiger partial charge in [-0.05, 0) is 72.3 Å². The largest absolute Gasteiger partial charge is 0.416 e. The highest BCUT2D eigenvalue weighted by Gasteiger charge is 2.30. The summed E-state index contributed by atoms with van der Waals surface area (Å²) in [6.07, 6.45) is -2.21. The Kier molecular flexibility index (Phi) is 6.11. The van der Waals surface area contributed by atoms with Gasteiger partial charge in [0.25, 0.3) is 10.0 Å². The van der Waals surface area contributed by atoms with Gasteiger partial charge in [0.1, 0.15) is 6.23 Å². The summed E-state index contributed by atoms with van der Waals surface area (Å²) in [7, 11) is -2.25. The molecule has 0 bridgehead atoms. The number of aliphatic hydroxyl groups is 1. The highest BCUT2D eigenvalue weighted by atomic mass is 32.2. The molecule has 3 heterocycles. The first-order valence-electron chi connectivity index (χ1n) is 10.8. The van der Waals surface area contributed by atoms with Gasteiger partial charge in [0.15, 0.2) is 0 Å². The van der Waals surface area contributed by atoms with E-state index in [2.05, 4.69) is 15.8 Å². The maximum absolute atomic E-state index is 12.8. The molecule has 1 aliphatic rings. The van der Waals surface area contributed by atoms with E-state index in [1.54, 1.807) is 12.3 Å². The molecule has 0 amide bonds. The highest BCUT2D eigenvalue weighted by Crippen LogP contribution is 2.38. The van der Waals surface area contributed by atoms with Crippen LogP contribution in [0.5, 0.6) is 0 Å². The Labute approximate surface area is 209 Å². The number of hydrogen-bond donors (Lipinski definition) is 2. The van der Waals surface area contributed by atoms with Crippen molar-refractivity contribution in [2.24, 2.45) is 0 Å². The molecule has 1 aliphatic heterocycles. The van der Waals surface area contributed by atoms with E-state index in [0.29, 0.717) is 12.1 Å². The summed E-state index contributed by atoms with van der Waals surface area (Å²) in [5.41, 5.74) is 2.94. The van der Waals surface area contributed by atoms with Crippen LogP contribution in [0.2, 0.25) is 0 Å². The molecule has 0 aliphatic carbocycles. The first kappa shape index (κ1) is 24.4. The van der Waals surface area contributed by atoms with Crippen LogP contribution in [0.4, 0.5) is 18.9 Å². The number of rotatable bonds is 5. The van der Waals surface area contributed by atoms with Crippen molar-refractivity contribution in [2.45, 2.75) is 23.8 Å². The van der Waals surface area contributed by atoms with E-state index < -0.39 is 28.0 Å². The number of thiophene rings is 1. The molecule has 6 nitrogen and oxygen atoms in total. The van der Waals surface area contributed by atoms with Gasteiger partial charge in [0.2, 0.25) is 0 Å². The lowest BCUT2D eigenvalue weighted by Gasteiger charge is -2.12. The molecule has 0 radical (unpaired) electrons. The Morgan fingerprint density at radius 3 is 2.39 bits per heavy atom. The topological polar surface area (TPSA) is 82.5 Å². The molecule has 0 saturated heterocycles. The average molecular weight is 532 g/mol. The summed E-state index contributed by atoms with van der Waals surface area (Å²) >= 11 is 1.51. The van der Waals surface area contributed by atoms with E-state index in [4.69, 9.17) is 0 Å². The number of halogens is 3. The van der Waals surface area contributed by atoms with Crippen LogP contribution in [0.3, 0.4) is 0 Å². The molecule has 4 aromatic rings. The smallest absolute Gasteiger partial charge is 0.374 e. The van der Waals surface area contributed by atoms with E-state index in [1.165, 1.54) is 17.5 Å². The van der Waals surface area contributed by atoms with Crippen LogP contribution in [0.1, 0.15) is 22.9 Å². The zero-order valence-corrected chi connectivity index (χ0v) is 20.5. The summed E-state index contributed by atoms with van der Waals surface area (Å²) in [5.74, 6) is 0. The van der Waals surface area contributed by atoms with E-state index in [0.717, 1.165) is 50.7 Å². The van der Waals surface area contributed by atoms with Crippen LogP contribution in [-0.4, -0.2) is 30.5 Å². The molecule has 0 fully saturated rings. The van der Waals surface area contributed by atoms with Crippen molar-refractivity contribution in [3.05, 3.63) is 89.7 Å². The fraction of sp³-hybridized carbons (Fsp3) is 0.160. The van der Waals surface area contributed by atoms with Crippen molar-refractivity contribution in [3.8, 4) is 20.9 Å². The van der Waals surface area contributed by atoms with Crippen LogP contribution in [0, 0.1) is 0 Å². The maximum atomic E-state index is 12.8. The summed E-state index contributed by atoms with van der Waals surface area (Å²) in [5, 5.41) is 10.2. The van der Waals surface area contributed by atoms with Crippen LogP contribution in [0.15, 0.2) is 78.0 Å². The number of aliphatic hydroxyl groups excluding tert-OH is 1. The number of anilines is 1. The van der Waals surface area contributed by atoms with Crippen molar-refractivity contribution in [3.63, 3.8) is 0 Å². The fourth-order valence-electron chi connectivity index (χ4n) is 4.06. The number of benzene rings is 2. The zero-order chi connectivity index (χ0) is 25.7. The molecule has 36 heavy (non-hydrogen) atoms. The first-order valence-corrected chi connectivity index (χ1v) is 13.1. The Bertz CT molecular complexity index is 1530. The lowest BCUT2D eigenvalue weighted by atomic mass is 10.0. The molecule has 2 aromatic heterocycles. The van der Waals surface area contributed by atoms with E-state index in [1.807, 2.05) is 36.2 Å². The molecule has 2 aromatic carbocycles. The Hall–Kier alpha value is -3.25. The molecule has 0 saturated carbocycles. The van der Waals surface area contributed by atoms with E-state index in [-0.39, 0.29) is 10.6 Å². The summed E-state index contributed by atoms with van der Waals surface area (Å²) in [6.45, 7) is 0.660. The van der Waals surface area contributed by atoms with Gasteiger partial charge in [-0.1, -0.05) is 12.1 Å². The Morgan fingerprint density at radius 1 is 1.00 bits per heavy atom. The molecule has 186 valence electrons. The Balaban J connectivity index is 1.36. The number of sulfonamides is 1. The quantitative estimate of drug-likeness (QED) is 0.344. The molecule has 1 unspecified atom stereocenters. The minimum atomic E-state index is -4.55. The third-order valence-corrected chi connectivity index (χ3v) is 8.50. The molecular formula is C25H20F3N3O3S2. The van der Waals surface area contributed by atoms with Gasteiger partial charge >= 0.3 is 6.18 Å². The fourth-order valence-corrected chi connectivity index (χ4v) is 6.07. The monoisotopic (exact) mass is 531 g/mol. The standard InChI is InChI=1S/C25H20F3N3O3S2/c1-31-14-17-10-15(2-7-21(17)24(31)32)22-8-9-23(35-22)16-11-19(13-29-12-16)30-36(33,34)20-5-3-18(4-6-20)25(26,27)28/h2-13,24,30,32H,14H2,1H3. The van der Waals surface area contributed by atoms with Crippen molar-refractivity contribution in [1.82, 2.24) is 9.88 Å². The number of nitrogens with zero attached hydrogens (tertiary/aromatic N) is 2. The SMILES string of the molecule is CN1Cc2cc(-c3ccc(-c4cncc(NS(=O)(=O)c5ccc(C(F)(F)F)cc5)c4)s3)ccc2C1O. The highest BCUT2D eigenvalue weighted by molar-refractivity contribution is 7.92. The average Bonchev–Trinajstić information content (AvgIpc) is 3.43. The Morgan fingerprint density at radius 2 is 1.69 bits per heavy atom. The van der Waals surface area contributed by atoms with Crippen LogP contribution < -0.4 is 4.72 Å². The second-order valence-electron chi connectivity index (χ2n) is 8.46. The van der Waals surface area contributed by atoms with Gasteiger partial charge in [0.05, 0.1) is 22.3 Å². The van der Waals surface area contributed by atoms with Crippen molar-refractivity contribution >= 4 is 27.0 Å².